The summed E-state index contributed by atoms with van der Waals surface area (Å²) in [5.74, 6) is 0.662. The molecule has 0 saturated carbocycles. The second kappa shape index (κ2) is 10.2. The van der Waals surface area contributed by atoms with E-state index in [9.17, 15) is 10.1 Å². The van der Waals surface area contributed by atoms with Gasteiger partial charge in [-0.1, -0.05) is 35.3 Å². The highest BCUT2D eigenvalue weighted by molar-refractivity contribution is 6.37. The molecule has 0 aliphatic rings. The van der Waals surface area contributed by atoms with Gasteiger partial charge in [0.05, 0.1) is 23.9 Å². The van der Waals surface area contributed by atoms with Crippen LogP contribution in [-0.4, -0.2) is 19.1 Å². The maximum absolute atomic E-state index is 12.8. The summed E-state index contributed by atoms with van der Waals surface area (Å²) in [5, 5.41) is 14.8. The van der Waals surface area contributed by atoms with Crippen LogP contribution in [0.25, 0.3) is 16.8 Å². The molecule has 0 unspecified atom stereocenters. The zero-order valence-electron chi connectivity index (χ0n) is 17.0. The third kappa shape index (κ3) is 5.29. The Kier molecular flexibility index (Phi) is 7.41. The van der Waals surface area contributed by atoms with Gasteiger partial charge in [-0.3, -0.25) is 4.79 Å². The van der Waals surface area contributed by atoms with E-state index in [0.717, 1.165) is 10.8 Å². The number of nitrogens with one attached hydrogen (secondary N) is 1. The van der Waals surface area contributed by atoms with E-state index in [0.29, 0.717) is 41.0 Å². The zero-order chi connectivity index (χ0) is 22.4. The average Bonchev–Trinajstić information content (AvgIpc) is 2.75. The van der Waals surface area contributed by atoms with Gasteiger partial charge in [0.15, 0.2) is 0 Å². The lowest BCUT2D eigenvalue weighted by atomic mass is 10.0. The fraction of sp³-hybridized carbons (Fsp3) is 0.167. The molecule has 0 saturated heterocycles. The lowest BCUT2D eigenvalue weighted by Crippen LogP contribution is -2.14. The molecule has 3 aromatic carbocycles. The van der Waals surface area contributed by atoms with Crippen LogP contribution in [0.2, 0.25) is 10.0 Å². The first-order chi connectivity index (χ1) is 15.0. The second-order valence-corrected chi connectivity index (χ2v) is 7.32. The topological polar surface area (TPSA) is 71.3 Å². The number of halogens is 2. The minimum Gasteiger partial charge on any atom is -0.494 e. The number of carbonyl (C=O) groups is 1. The van der Waals surface area contributed by atoms with E-state index < -0.39 is 5.91 Å². The minimum absolute atomic E-state index is 0.0960. The normalized spacial score (nSPS) is 11.1. The van der Waals surface area contributed by atoms with Crippen molar-refractivity contribution < 1.29 is 14.3 Å². The van der Waals surface area contributed by atoms with Crippen molar-refractivity contribution in [3.05, 3.63) is 69.7 Å². The maximum Gasteiger partial charge on any atom is 0.266 e. The fourth-order valence-corrected chi connectivity index (χ4v) is 3.52. The number of hydrogen-bond donors (Lipinski definition) is 1. The van der Waals surface area contributed by atoms with E-state index in [-0.39, 0.29) is 10.6 Å². The predicted molar refractivity (Wildman–Crippen MR) is 125 cm³/mol. The Morgan fingerprint density at radius 3 is 2.48 bits per heavy atom. The van der Waals surface area contributed by atoms with Crippen LogP contribution in [0.1, 0.15) is 19.4 Å². The highest BCUT2D eigenvalue weighted by Gasteiger charge is 2.15. The van der Waals surface area contributed by atoms with Gasteiger partial charge in [-0.05, 0) is 67.1 Å². The van der Waals surface area contributed by atoms with Gasteiger partial charge >= 0.3 is 0 Å². The van der Waals surface area contributed by atoms with Gasteiger partial charge in [0.1, 0.15) is 23.1 Å². The summed E-state index contributed by atoms with van der Waals surface area (Å²) in [7, 11) is 0. The van der Waals surface area contributed by atoms with Crippen molar-refractivity contribution in [2.24, 2.45) is 0 Å². The Hall–Kier alpha value is -3.20. The van der Waals surface area contributed by atoms with E-state index >= 15 is 0 Å². The second-order valence-electron chi connectivity index (χ2n) is 6.47. The molecule has 0 aliphatic heterocycles. The fourth-order valence-electron chi connectivity index (χ4n) is 3.06. The quantitative estimate of drug-likeness (QED) is 0.327. The van der Waals surface area contributed by atoms with Crippen molar-refractivity contribution in [2.45, 2.75) is 13.8 Å². The molecule has 0 fully saturated rings. The SMILES string of the molecule is CCOc1ccc2ccc(OCC)c(/C=C(/C#N)C(=O)Nc3ccc(Cl)cc3Cl)c2c1. The number of anilines is 1. The third-order valence-electron chi connectivity index (χ3n) is 4.44. The van der Waals surface area contributed by atoms with Crippen LogP contribution in [0.15, 0.2) is 54.1 Å². The summed E-state index contributed by atoms with van der Waals surface area (Å²) < 4.78 is 11.4. The van der Waals surface area contributed by atoms with Crippen molar-refractivity contribution in [3.8, 4) is 17.6 Å². The van der Waals surface area contributed by atoms with Gasteiger partial charge in [-0.2, -0.15) is 5.26 Å². The molecule has 3 rings (SSSR count). The molecule has 158 valence electrons. The first kappa shape index (κ1) is 22.5. The summed E-state index contributed by atoms with van der Waals surface area (Å²) >= 11 is 12.0. The molecule has 0 bridgehead atoms. The highest BCUT2D eigenvalue weighted by atomic mass is 35.5. The molecule has 0 radical (unpaired) electrons. The van der Waals surface area contributed by atoms with Gasteiger partial charge in [0, 0.05) is 10.6 Å². The number of fused-ring (bicyclic) bond motifs is 1. The molecule has 0 aromatic heterocycles. The van der Waals surface area contributed by atoms with E-state index in [4.69, 9.17) is 32.7 Å². The number of hydrogen-bond acceptors (Lipinski definition) is 4. The molecule has 1 N–H and O–H groups in total. The molecule has 7 heteroatoms. The molecule has 0 heterocycles. The van der Waals surface area contributed by atoms with E-state index in [1.165, 1.54) is 12.1 Å². The Morgan fingerprint density at radius 1 is 1.06 bits per heavy atom. The Balaban J connectivity index is 2.08. The van der Waals surface area contributed by atoms with Gasteiger partial charge < -0.3 is 14.8 Å². The average molecular weight is 455 g/mol. The van der Waals surface area contributed by atoms with Gasteiger partial charge in [-0.25, -0.2) is 0 Å². The van der Waals surface area contributed by atoms with Gasteiger partial charge in [0.25, 0.3) is 5.91 Å². The highest BCUT2D eigenvalue weighted by Crippen LogP contribution is 2.33. The van der Waals surface area contributed by atoms with Crippen molar-refractivity contribution in [1.29, 1.82) is 5.26 Å². The summed E-state index contributed by atoms with van der Waals surface area (Å²) in [6.07, 6.45) is 1.52. The van der Waals surface area contributed by atoms with E-state index in [1.54, 1.807) is 12.1 Å². The molecule has 0 spiro atoms. The van der Waals surface area contributed by atoms with Crippen molar-refractivity contribution in [3.63, 3.8) is 0 Å². The molecule has 3 aromatic rings. The van der Waals surface area contributed by atoms with Crippen LogP contribution in [0.3, 0.4) is 0 Å². The summed E-state index contributed by atoms with van der Waals surface area (Å²) in [6, 6.07) is 16.1. The van der Waals surface area contributed by atoms with Crippen molar-refractivity contribution in [2.75, 3.05) is 18.5 Å². The lowest BCUT2D eigenvalue weighted by molar-refractivity contribution is -0.112. The van der Waals surface area contributed by atoms with Crippen molar-refractivity contribution in [1.82, 2.24) is 0 Å². The van der Waals surface area contributed by atoms with E-state index in [2.05, 4.69) is 5.32 Å². The van der Waals surface area contributed by atoms with Crippen LogP contribution in [0.5, 0.6) is 11.5 Å². The minimum atomic E-state index is -0.591. The van der Waals surface area contributed by atoms with Crippen LogP contribution in [-0.2, 0) is 4.79 Å². The number of ether oxygens (including phenoxy) is 2. The Labute approximate surface area is 190 Å². The first-order valence-corrected chi connectivity index (χ1v) is 10.4. The number of carbonyl (C=O) groups excluding carboxylic acids is 1. The standard InChI is InChI=1S/C24H20Cl2N2O3/c1-3-30-18-8-5-15-6-10-23(31-4-2)20(19(15)13-18)11-16(14-27)24(29)28-22-9-7-17(25)12-21(22)26/h5-13H,3-4H2,1-2H3,(H,28,29)/b16-11-. The first-order valence-electron chi connectivity index (χ1n) is 9.67. The smallest absolute Gasteiger partial charge is 0.266 e. The maximum atomic E-state index is 12.8. The zero-order valence-corrected chi connectivity index (χ0v) is 18.6. The predicted octanol–water partition coefficient (Wildman–Crippen LogP) is 6.49. The molecule has 1 amide bonds. The molecular formula is C24H20Cl2N2O3. The lowest BCUT2D eigenvalue weighted by Gasteiger charge is -2.13. The number of amides is 1. The van der Waals surface area contributed by atoms with Crippen LogP contribution in [0, 0.1) is 11.3 Å². The third-order valence-corrected chi connectivity index (χ3v) is 4.99. The largest absolute Gasteiger partial charge is 0.494 e. The molecule has 5 nitrogen and oxygen atoms in total. The Bertz CT molecular complexity index is 1190. The van der Waals surface area contributed by atoms with Gasteiger partial charge in [-0.15, -0.1) is 0 Å². The van der Waals surface area contributed by atoms with Gasteiger partial charge in [0.2, 0.25) is 0 Å². The molecule has 0 atom stereocenters. The molecule has 0 aliphatic carbocycles. The van der Waals surface area contributed by atoms with Crippen LogP contribution < -0.4 is 14.8 Å². The van der Waals surface area contributed by atoms with E-state index in [1.807, 2.05) is 50.2 Å². The monoisotopic (exact) mass is 454 g/mol. The number of benzene rings is 3. The van der Waals surface area contributed by atoms with Crippen LogP contribution in [0.4, 0.5) is 5.69 Å². The number of nitrogens with zero attached hydrogens (tertiary/aromatic N) is 1. The summed E-state index contributed by atoms with van der Waals surface area (Å²) in [4.78, 5) is 12.8. The molecule has 31 heavy (non-hydrogen) atoms. The molecular weight excluding hydrogens is 435 g/mol. The van der Waals surface area contributed by atoms with Crippen molar-refractivity contribution >= 4 is 51.6 Å². The Morgan fingerprint density at radius 2 is 1.81 bits per heavy atom. The summed E-state index contributed by atoms with van der Waals surface area (Å²) in [6.45, 7) is 4.73. The number of rotatable bonds is 7. The summed E-state index contributed by atoms with van der Waals surface area (Å²) in [5.41, 5.74) is 0.884. The number of nitriles is 1. The van der Waals surface area contributed by atoms with Crippen LogP contribution >= 0.6 is 23.2 Å².